The maximum atomic E-state index is 12.3. The predicted molar refractivity (Wildman–Crippen MR) is 123 cm³/mol. The molecule has 0 spiro atoms. The molecule has 0 aliphatic rings. The molecule has 0 aliphatic heterocycles. The number of benzene rings is 3. The highest BCUT2D eigenvalue weighted by Gasteiger charge is 2.10. The maximum absolute atomic E-state index is 12.3. The SMILES string of the molecule is COc1ccccc1NC(=O)COc1ccc(Br)cc1C=NNC(=O)c1ccccc1. The van der Waals surface area contributed by atoms with Crippen LogP contribution in [0.25, 0.3) is 0 Å². The van der Waals surface area contributed by atoms with E-state index in [2.05, 4.69) is 31.8 Å². The number of hydrazone groups is 1. The summed E-state index contributed by atoms with van der Waals surface area (Å²) in [7, 11) is 1.53. The first-order valence-electron chi connectivity index (χ1n) is 9.30. The fourth-order valence-corrected chi connectivity index (χ4v) is 3.02. The summed E-state index contributed by atoms with van der Waals surface area (Å²) in [6.45, 7) is -0.211. The van der Waals surface area contributed by atoms with Gasteiger partial charge in [0.25, 0.3) is 11.8 Å². The lowest BCUT2D eigenvalue weighted by atomic mass is 10.2. The molecule has 0 radical (unpaired) electrons. The number of rotatable bonds is 8. The Morgan fingerprint density at radius 1 is 1.00 bits per heavy atom. The first-order valence-corrected chi connectivity index (χ1v) is 10.1. The standard InChI is InChI=1S/C23H20BrN3O4/c1-30-21-10-6-5-9-19(21)26-22(28)15-31-20-12-11-18(24)13-17(20)14-25-27-23(29)16-7-3-2-4-8-16/h2-14H,15H2,1H3,(H,26,28)(H,27,29). The minimum atomic E-state index is -0.340. The summed E-state index contributed by atoms with van der Waals surface area (Å²) in [5.41, 5.74) is 4.12. The first kappa shape index (κ1) is 22.0. The monoisotopic (exact) mass is 481 g/mol. The van der Waals surface area contributed by atoms with E-state index in [1.807, 2.05) is 12.1 Å². The van der Waals surface area contributed by atoms with Gasteiger partial charge in [-0.15, -0.1) is 0 Å². The molecule has 0 saturated carbocycles. The molecule has 0 fully saturated rings. The maximum Gasteiger partial charge on any atom is 0.271 e. The highest BCUT2D eigenvalue weighted by Crippen LogP contribution is 2.24. The van der Waals surface area contributed by atoms with Crippen molar-refractivity contribution in [2.75, 3.05) is 19.0 Å². The van der Waals surface area contributed by atoms with E-state index in [1.165, 1.54) is 13.3 Å². The van der Waals surface area contributed by atoms with E-state index in [0.717, 1.165) is 4.47 Å². The number of anilines is 1. The number of ether oxygens (including phenoxy) is 2. The van der Waals surface area contributed by atoms with Gasteiger partial charge in [0.05, 0.1) is 19.0 Å². The third-order valence-electron chi connectivity index (χ3n) is 4.12. The zero-order valence-corrected chi connectivity index (χ0v) is 18.3. The van der Waals surface area contributed by atoms with Crippen LogP contribution in [0.2, 0.25) is 0 Å². The molecular formula is C23H20BrN3O4. The summed E-state index contributed by atoms with van der Waals surface area (Å²) >= 11 is 3.40. The summed E-state index contributed by atoms with van der Waals surface area (Å²) in [5.74, 6) is 0.329. The van der Waals surface area contributed by atoms with E-state index in [1.54, 1.807) is 60.7 Å². The molecule has 0 unspecified atom stereocenters. The number of halogens is 1. The van der Waals surface area contributed by atoms with Crippen molar-refractivity contribution in [2.45, 2.75) is 0 Å². The molecule has 0 aromatic heterocycles. The second kappa shape index (κ2) is 10.9. The quantitative estimate of drug-likeness (QED) is 0.372. The van der Waals surface area contributed by atoms with E-state index in [4.69, 9.17) is 9.47 Å². The van der Waals surface area contributed by atoms with Crippen molar-refractivity contribution in [2.24, 2.45) is 5.10 Å². The van der Waals surface area contributed by atoms with Crippen LogP contribution in [0.1, 0.15) is 15.9 Å². The molecule has 0 heterocycles. The Balaban J connectivity index is 1.63. The molecule has 0 aliphatic carbocycles. The second-order valence-corrected chi connectivity index (χ2v) is 7.20. The summed E-state index contributed by atoms with van der Waals surface area (Å²) in [6.07, 6.45) is 1.46. The van der Waals surface area contributed by atoms with E-state index < -0.39 is 0 Å². The molecule has 3 aromatic rings. The molecular weight excluding hydrogens is 462 g/mol. The number of carbonyl (C=O) groups is 2. The molecule has 3 rings (SSSR count). The van der Waals surface area contributed by atoms with Gasteiger partial charge in [0, 0.05) is 15.6 Å². The van der Waals surface area contributed by atoms with E-state index in [9.17, 15) is 9.59 Å². The minimum Gasteiger partial charge on any atom is -0.495 e. The average Bonchev–Trinajstić information content (AvgIpc) is 2.79. The average molecular weight is 482 g/mol. The van der Waals surface area contributed by atoms with E-state index in [0.29, 0.717) is 28.3 Å². The van der Waals surface area contributed by atoms with Crippen LogP contribution in [0.5, 0.6) is 11.5 Å². The summed E-state index contributed by atoms with van der Waals surface area (Å²) < 4.78 is 11.7. The van der Waals surface area contributed by atoms with Crippen LogP contribution in [0.4, 0.5) is 5.69 Å². The number of nitrogens with one attached hydrogen (secondary N) is 2. The topological polar surface area (TPSA) is 89.0 Å². The normalized spacial score (nSPS) is 10.5. The third-order valence-corrected chi connectivity index (χ3v) is 4.61. The molecule has 0 bridgehead atoms. The largest absolute Gasteiger partial charge is 0.495 e. The van der Waals surface area contributed by atoms with Crippen LogP contribution in [0.15, 0.2) is 82.4 Å². The Labute approximate surface area is 188 Å². The van der Waals surface area contributed by atoms with Crippen LogP contribution in [0, 0.1) is 0 Å². The highest BCUT2D eigenvalue weighted by molar-refractivity contribution is 9.10. The lowest BCUT2D eigenvalue weighted by molar-refractivity contribution is -0.118. The van der Waals surface area contributed by atoms with Crippen molar-refractivity contribution >= 4 is 39.6 Å². The number of hydrogen-bond acceptors (Lipinski definition) is 5. The molecule has 31 heavy (non-hydrogen) atoms. The number of carbonyl (C=O) groups excluding carboxylic acids is 2. The molecule has 2 N–H and O–H groups in total. The molecule has 7 nitrogen and oxygen atoms in total. The van der Waals surface area contributed by atoms with Gasteiger partial charge in [0.1, 0.15) is 11.5 Å². The van der Waals surface area contributed by atoms with Gasteiger partial charge in [0.2, 0.25) is 0 Å². The van der Waals surface area contributed by atoms with Crippen molar-refractivity contribution in [1.29, 1.82) is 0 Å². The summed E-state index contributed by atoms with van der Waals surface area (Å²) in [5, 5.41) is 6.74. The van der Waals surface area contributed by atoms with Crippen LogP contribution >= 0.6 is 15.9 Å². The number of amides is 2. The van der Waals surface area contributed by atoms with Crippen molar-refractivity contribution in [3.63, 3.8) is 0 Å². The lowest BCUT2D eigenvalue weighted by Gasteiger charge is -2.12. The zero-order chi connectivity index (χ0) is 22.1. The molecule has 8 heteroatoms. The Morgan fingerprint density at radius 2 is 1.74 bits per heavy atom. The van der Waals surface area contributed by atoms with Gasteiger partial charge >= 0.3 is 0 Å². The Morgan fingerprint density at radius 3 is 2.52 bits per heavy atom. The van der Waals surface area contributed by atoms with Crippen molar-refractivity contribution in [3.05, 3.63) is 88.4 Å². The van der Waals surface area contributed by atoms with Crippen LogP contribution in [-0.4, -0.2) is 31.7 Å². The number of nitrogens with zero attached hydrogens (tertiary/aromatic N) is 1. The third kappa shape index (κ3) is 6.42. The molecule has 0 saturated heterocycles. The molecule has 0 atom stereocenters. The summed E-state index contributed by atoms with van der Waals surface area (Å²) in [4.78, 5) is 24.4. The zero-order valence-electron chi connectivity index (χ0n) is 16.7. The second-order valence-electron chi connectivity index (χ2n) is 6.28. The van der Waals surface area contributed by atoms with Gasteiger partial charge in [-0.3, -0.25) is 9.59 Å². The van der Waals surface area contributed by atoms with Gasteiger partial charge in [-0.1, -0.05) is 46.3 Å². The van der Waals surface area contributed by atoms with Gasteiger partial charge in [-0.05, 0) is 42.5 Å². The van der Waals surface area contributed by atoms with Crippen molar-refractivity contribution in [3.8, 4) is 11.5 Å². The van der Waals surface area contributed by atoms with E-state index in [-0.39, 0.29) is 18.4 Å². The lowest BCUT2D eigenvalue weighted by Crippen LogP contribution is -2.21. The molecule has 2 amide bonds. The van der Waals surface area contributed by atoms with Gasteiger partial charge in [-0.2, -0.15) is 5.10 Å². The summed E-state index contributed by atoms with van der Waals surface area (Å²) in [6, 6.07) is 21.1. The van der Waals surface area contributed by atoms with Gasteiger partial charge < -0.3 is 14.8 Å². The first-order chi connectivity index (χ1) is 15.1. The van der Waals surface area contributed by atoms with Crippen molar-refractivity contribution in [1.82, 2.24) is 5.43 Å². The predicted octanol–water partition coefficient (Wildman–Crippen LogP) is 4.24. The Kier molecular flexibility index (Phi) is 7.78. The van der Waals surface area contributed by atoms with Crippen LogP contribution in [0.3, 0.4) is 0 Å². The fourth-order valence-electron chi connectivity index (χ4n) is 2.64. The minimum absolute atomic E-state index is 0.211. The Bertz CT molecular complexity index is 1090. The Hall–Kier alpha value is -3.65. The van der Waals surface area contributed by atoms with Gasteiger partial charge in [0.15, 0.2) is 6.61 Å². The molecule has 158 valence electrons. The van der Waals surface area contributed by atoms with Crippen molar-refractivity contribution < 1.29 is 19.1 Å². The van der Waals surface area contributed by atoms with Crippen LogP contribution in [-0.2, 0) is 4.79 Å². The smallest absolute Gasteiger partial charge is 0.271 e. The van der Waals surface area contributed by atoms with E-state index >= 15 is 0 Å². The van der Waals surface area contributed by atoms with Crippen LogP contribution < -0.4 is 20.2 Å². The highest BCUT2D eigenvalue weighted by atomic mass is 79.9. The number of methoxy groups -OCH3 is 1. The fraction of sp³-hybridized carbons (Fsp3) is 0.0870. The van der Waals surface area contributed by atoms with Gasteiger partial charge in [-0.25, -0.2) is 5.43 Å². The number of para-hydroxylation sites is 2. The molecule has 3 aromatic carbocycles. The number of hydrogen-bond donors (Lipinski definition) is 2.